The van der Waals surface area contributed by atoms with Crippen LogP contribution in [0.2, 0.25) is 0 Å². The molecule has 3 N–H and O–H groups in total. The van der Waals surface area contributed by atoms with E-state index in [1.54, 1.807) is 0 Å². The van der Waals surface area contributed by atoms with Crippen molar-refractivity contribution in [1.82, 2.24) is 5.32 Å². The molecule has 0 aromatic rings. The fourth-order valence-electron chi connectivity index (χ4n) is 2.11. The highest BCUT2D eigenvalue weighted by Crippen LogP contribution is 2.24. The molecule has 0 saturated carbocycles. The van der Waals surface area contributed by atoms with Crippen LogP contribution >= 0.6 is 0 Å². The zero-order valence-corrected chi connectivity index (χ0v) is 8.18. The lowest BCUT2D eigenvalue weighted by atomic mass is 9.86. The van der Waals surface area contributed by atoms with Crippen LogP contribution in [0, 0.1) is 11.8 Å². The molecule has 1 heterocycles. The summed E-state index contributed by atoms with van der Waals surface area (Å²) in [6, 6.07) is 0. The molecule has 0 bridgehead atoms. The third-order valence-corrected chi connectivity index (χ3v) is 3.05. The molecule has 0 amide bonds. The lowest BCUT2D eigenvalue weighted by Gasteiger charge is -2.21. The van der Waals surface area contributed by atoms with E-state index in [2.05, 4.69) is 12.2 Å². The van der Waals surface area contributed by atoms with Gasteiger partial charge in [-0.1, -0.05) is 6.92 Å². The summed E-state index contributed by atoms with van der Waals surface area (Å²) >= 11 is 0. The fraction of sp³-hybridized carbons (Fsp3) is 1.00. The molecule has 72 valence electrons. The molecule has 1 fully saturated rings. The maximum atomic E-state index is 5.56. The quantitative estimate of drug-likeness (QED) is 0.671. The Kier molecular flexibility index (Phi) is 4.62. The molecule has 2 nitrogen and oxygen atoms in total. The first kappa shape index (κ1) is 10.0. The van der Waals surface area contributed by atoms with Gasteiger partial charge in [0.15, 0.2) is 0 Å². The molecular formula is C10H22N2. The molecule has 0 aromatic carbocycles. The van der Waals surface area contributed by atoms with E-state index in [0.29, 0.717) is 0 Å². The molecule has 2 atom stereocenters. The first-order valence-electron chi connectivity index (χ1n) is 5.25. The van der Waals surface area contributed by atoms with Crippen molar-refractivity contribution in [1.29, 1.82) is 0 Å². The number of nitrogens with one attached hydrogen (secondary N) is 1. The van der Waals surface area contributed by atoms with Crippen LogP contribution in [0.25, 0.3) is 0 Å². The number of nitrogens with two attached hydrogens (primary N) is 1. The van der Waals surface area contributed by atoms with Gasteiger partial charge in [0.05, 0.1) is 0 Å². The van der Waals surface area contributed by atoms with E-state index in [0.717, 1.165) is 18.4 Å². The van der Waals surface area contributed by atoms with Crippen molar-refractivity contribution in [2.45, 2.75) is 32.6 Å². The van der Waals surface area contributed by atoms with Crippen LogP contribution in [0.1, 0.15) is 32.6 Å². The summed E-state index contributed by atoms with van der Waals surface area (Å²) in [5.74, 6) is 1.75. The fourth-order valence-corrected chi connectivity index (χ4v) is 2.11. The standard InChI is InChI=1S/C10H22N2/c1-9(4-6-11)10-3-2-7-12-8-5-10/h9-10,12H,2-8,11H2,1H3. The van der Waals surface area contributed by atoms with Gasteiger partial charge in [-0.25, -0.2) is 0 Å². The van der Waals surface area contributed by atoms with Gasteiger partial charge in [0.25, 0.3) is 0 Å². The van der Waals surface area contributed by atoms with E-state index >= 15 is 0 Å². The SMILES string of the molecule is CC(CCN)C1CCCNCC1. The second-order valence-corrected chi connectivity index (χ2v) is 4.00. The Morgan fingerprint density at radius 3 is 3.00 bits per heavy atom. The average Bonchev–Trinajstić information content (AvgIpc) is 2.32. The van der Waals surface area contributed by atoms with Crippen LogP contribution in [0.4, 0.5) is 0 Å². The highest BCUT2D eigenvalue weighted by Gasteiger charge is 2.17. The molecule has 0 aliphatic carbocycles. The molecule has 1 aliphatic heterocycles. The number of hydrogen-bond donors (Lipinski definition) is 2. The van der Waals surface area contributed by atoms with E-state index < -0.39 is 0 Å². The second-order valence-electron chi connectivity index (χ2n) is 4.00. The number of rotatable bonds is 3. The lowest BCUT2D eigenvalue weighted by molar-refractivity contribution is 0.313. The predicted octanol–water partition coefficient (Wildman–Crippen LogP) is 1.36. The summed E-state index contributed by atoms with van der Waals surface area (Å²) in [5.41, 5.74) is 5.56. The molecule has 1 aliphatic rings. The van der Waals surface area contributed by atoms with Gasteiger partial charge in [-0.05, 0) is 57.2 Å². The van der Waals surface area contributed by atoms with Crippen molar-refractivity contribution in [3.8, 4) is 0 Å². The van der Waals surface area contributed by atoms with Crippen molar-refractivity contribution in [3.63, 3.8) is 0 Å². The van der Waals surface area contributed by atoms with Crippen molar-refractivity contribution in [3.05, 3.63) is 0 Å². The van der Waals surface area contributed by atoms with E-state index in [1.807, 2.05) is 0 Å². The van der Waals surface area contributed by atoms with E-state index in [9.17, 15) is 0 Å². The van der Waals surface area contributed by atoms with E-state index in [1.165, 1.54) is 38.8 Å². The molecule has 2 unspecified atom stereocenters. The van der Waals surface area contributed by atoms with Gasteiger partial charge in [0.1, 0.15) is 0 Å². The minimum absolute atomic E-state index is 0.829. The third kappa shape index (κ3) is 3.11. The Morgan fingerprint density at radius 1 is 1.42 bits per heavy atom. The molecule has 12 heavy (non-hydrogen) atoms. The summed E-state index contributed by atoms with van der Waals surface area (Å²) in [7, 11) is 0. The molecule has 1 rings (SSSR count). The first-order valence-corrected chi connectivity index (χ1v) is 5.25. The van der Waals surface area contributed by atoms with E-state index in [4.69, 9.17) is 5.73 Å². The van der Waals surface area contributed by atoms with Gasteiger partial charge < -0.3 is 11.1 Å². The summed E-state index contributed by atoms with van der Waals surface area (Å²) in [4.78, 5) is 0. The van der Waals surface area contributed by atoms with Gasteiger partial charge in [0.2, 0.25) is 0 Å². The van der Waals surface area contributed by atoms with Crippen LogP contribution < -0.4 is 11.1 Å². The molecular weight excluding hydrogens is 148 g/mol. The minimum Gasteiger partial charge on any atom is -0.330 e. The monoisotopic (exact) mass is 170 g/mol. The topological polar surface area (TPSA) is 38.0 Å². The predicted molar refractivity (Wildman–Crippen MR) is 53.0 cm³/mol. The molecule has 0 aromatic heterocycles. The average molecular weight is 170 g/mol. The van der Waals surface area contributed by atoms with Gasteiger partial charge >= 0.3 is 0 Å². The summed E-state index contributed by atoms with van der Waals surface area (Å²) in [6.45, 7) is 5.62. The molecule has 1 saturated heterocycles. The zero-order valence-electron chi connectivity index (χ0n) is 8.18. The Balaban J connectivity index is 2.27. The highest BCUT2D eigenvalue weighted by molar-refractivity contribution is 4.71. The van der Waals surface area contributed by atoms with Gasteiger partial charge in [0, 0.05) is 0 Å². The zero-order chi connectivity index (χ0) is 8.81. The smallest absolute Gasteiger partial charge is 0.00462 e. The first-order chi connectivity index (χ1) is 5.84. The minimum atomic E-state index is 0.829. The number of hydrogen-bond acceptors (Lipinski definition) is 2. The Bertz CT molecular complexity index is 106. The van der Waals surface area contributed by atoms with Gasteiger partial charge in [-0.2, -0.15) is 0 Å². The van der Waals surface area contributed by atoms with Crippen LogP contribution in [0.15, 0.2) is 0 Å². The van der Waals surface area contributed by atoms with Crippen LogP contribution in [0.5, 0.6) is 0 Å². The third-order valence-electron chi connectivity index (χ3n) is 3.05. The van der Waals surface area contributed by atoms with Gasteiger partial charge in [-0.15, -0.1) is 0 Å². The second kappa shape index (κ2) is 5.55. The van der Waals surface area contributed by atoms with Crippen molar-refractivity contribution < 1.29 is 0 Å². The largest absolute Gasteiger partial charge is 0.330 e. The maximum Gasteiger partial charge on any atom is -0.00462 e. The summed E-state index contributed by atoms with van der Waals surface area (Å²) in [5, 5.41) is 3.44. The molecule has 0 radical (unpaired) electrons. The Hall–Kier alpha value is -0.0800. The summed E-state index contributed by atoms with van der Waals surface area (Å²) < 4.78 is 0. The maximum absolute atomic E-state index is 5.56. The normalized spacial score (nSPS) is 28.0. The van der Waals surface area contributed by atoms with Crippen LogP contribution in [-0.4, -0.2) is 19.6 Å². The van der Waals surface area contributed by atoms with Crippen LogP contribution in [-0.2, 0) is 0 Å². The van der Waals surface area contributed by atoms with E-state index in [-0.39, 0.29) is 0 Å². The van der Waals surface area contributed by atoms with Crippen molar-refractivity contribution in [2.75, 3.05) is 19.6 Å². The van der Waals surface area contributed by atoms with Crippen LogP contribution in [0.3, 0.4) is 0 Å². The Labute approximate surface area is 75.9 Å². The highest BCUT2D eigenvalue weighted by atomic mass is 14.8. The summed E-state index contributed by atoms with van der Waals surface area (Å²) in [6.07, 6.45) is 5.29. The van der Waals surface area contributed by atoms with Crippen molar-refractivity contribution >= 4 is 0 Å². The lowest BCUT2D eigenvalue weighted by Crippen LogP contribution is -2.18. The van der Waals surface area contributed by atoms with Gasteiger partial charge in [-0.3, -0.25) is 0 Å². The molecule has 2 heteroatoms. The Morgan fingerprint density at radius 2 is 2.25 bits per heavy atom. The van der Waals surface area contributed by atoms with Crippen molar-refractivity contribution in [2.24, 2.45) is 17.6 Å². The molecule has 0 spiro atoms.